The van der Waals surface area contributed by atoms with Crippen LogP contribution in [0.4, 0.5) is 15.0 Å². The number of benzene rings is 1. The Hall–Kier alpha value is -3.40. The second-order valence-electron chi connectivity index (χ2n) is 6.10. The molecule has 1 aromatic heterocycles. The van der Waals surface area contributed by atoms with Crippen molar-refractivity contribution in [3.63, 3.8) is 0 Å². The van der Waals surface area contributed by atoms with E-state index in [-0.39, 0.29) is 17.7 Å². The molecule has 9 nitrogen and oxygen atoms in total. The minimum atomic E-state index is -1.00. The maximum Gasteiger partial charge on any atom is 0.437 e. The molecule has 2 aromatic rings. The third kappa shape index (κ3) is 4.72. The van der Waals surface area contributed by atoms with E-state index >= 15 is 0 Å². The number of pyridine rings is 1. The van der Waals surface area contributed by atoms with Gasteiger partial charge >= 0.3 is 6.09 Å². The highest BCUT2D eigenvalue weighted by molar-refractivity contribution is 6.33. The van der Waals surface area contributed by atoms with Crippen LogP contribution in [0.25, 0.3) is 11.1 Å². The van der Waals surface area contributed by atoms with E-state index in [1.54, 1.807) is 18.2 Å². The van der Waals surface area contributed by atoms with Crippen molar-refractivity contribution in [2.24, 2.45) is 21.6 Å². The summed E-state index contributed by atoms with van der Waals surface area (Å²) in [6, 6.07) is 6.33. The summed E-state index contributed by atoms with van der Waals surface area (Å²) in [5, 5.41) is 4.24. The number of hydrogen-bond donors (Lipinski definition) is 2. The molecule has 1 aliphatic heterocycles. The predicted octanol–water partition coefficient (Wildman–Crippen LogP) is 2.27. The van der Waals surface area contributed by atoms with Crippen molar-refractivity contribution < 1.29 is 18.8 Å². The Bertz CT molecular complexity index is 986. The molecule has 1 aromatic carbocycles. The molecule has 11 heteroatoms. The number of halogens is 2. The van der Waals surface area contributed by atoms with Crippen LogP contribution >= 0.6 is 11.6 Å². The second-order valence-corrected chi connectivity index (χ2v) is 6.50. The molecule has 0 radical (unpaired) electrons. The third-order valence-electron chi connectivity index (χ3n) is 4.05. The van der Waals surface area contributed by atoms with Crippen molar-refractivity contribution in [3.8, 4) is 11.1 Å². The van der Waals surface area contributed by atoms with Crippen LogP contribution < -0.4 is 16.4 Å². The van der Waals surface area contributed by atoms with Crippen molar-refractivity contribution in [1.29, 1.82) is 0 Å². The Morgan fingerprint density at radius 2 is 2.14 bits per heavy atom. The lowest BCUT2D eigenvalue weighted by atomic mass is 10.0. The zero-order valence-corrected chi connectivity index (χ0v) is 16.2. The van der Waals surface area contributed by atoms with Gasteiger partial charge in [-0.25, -0.2) is 14.2 Å². The molecule has 0 bridgehead atoms. The highest BCUT2D eigenvalue weighted by Crippen LogP contribution is 2.32. The van der Waals surface area contributed by atoms with Crippen molar-refractivity contribution >= 4 is 35.2 Å². The summed E-state index contributed by atoms with van der Waals surface area (Å²) in [7, 11) is 1.49. The Kier molecular flexibility index (Phi) is 6.13. The number of amides is 1. The summed E-state index contributed by atoms with van der Waals surface area (Å²) in [6.07, 6.45) is 0.523. The number of aliphatic imine (C=N–C) groups is 1. The highest BCUT2D eigenvalue weighted by atomic mass is 35.5. The zero-order chi connectivity index (χ0) is 21.0. The van der Waals surface area contributed by atoms with Gasteiger partial charge in [-0.05, 0) is 6.07 Å². The highest BCUT2D eigenvalue weighted by Gasteiger charge is 2.26. The Balaban J connectivity index is 1.77. The lowest BCUT2D eigenvalue weighted by Crippen LogP contribution is -2.48. The van der Waals surface area contributed by atoms with Gasteiger partial charge < -0.3 is 25.9 Å². The van der Waals surface area contributed by atoms with Crippen LogP contribution in [0, 0.1) is 5.82 Å². The summed E-state index contributed by atoms with van der Waals surface area (Å²) in [5.41, 5.74) is 12.0. The fourth-order valence-corrected chi connectivity index (χ4v) is 3.02. The van der Waals surface area contributed by atoms with Gasteiger partial charge in [-0.2, -0.15) is 0 Å². The van der Waals surface area contributed by atoms with Crippen molar-refractivity contribution in [2.45, 2.75) is 6.61 Å². The summed E-state index contributed by atoms with van der Waals surface area (Å²) in [4.78, 5) is 25.6. The number of carbonyl (C=O) groups excluding carboxylic acids is 1. The van der Waals surface area contributed by atoms with Gasteiger partial charge in [0.15, 0.2) is 5.96 Å². The van der Waals surface area contributed by atoms with Gasteiger partial charge in [0.05, 0.1) is 23.8 Å². The summed E-state index contributed by atoms with van der Waals surface area (Å²) in [5.74, 6) is -0.421. The molecular formula is C18H18ClFN6O3. The van der Waals surface area contributed by atoms with Crippen LogP contribution in [0.1, 0.15) is 5.56 Å². The smallest absolute Gasteiger partial charge is 0.437 e. The molecular weight excluding hydrogens is 403 g/mol. The lowest BCUT2D eigenvalue weighted by Gasteiger charge is -2.33. The average Bonchev–Trinajstić information content (AvgIpc) is 2.63. The minimum absolute atomic E-state index is 0.157. The summed E-state index contributed by atoms with van der Waals surface area (Å²) < 4.78 is 19.7. The molecule has 0 aliphatic carbocycles. The van der Waals surface area contributed by atoms with E-state index in [1.165, 1.54) is 19.4 Å². The SMILES string of the molecule is CON=C1CN(c2ncc(-c3cccc(COC(=O)N=C(N)N)c3F)cc2Cl)C1. The predicted molar refractivity (Wildman–Crippen MR) is 107 cm³/mol. The van der Waals surface area contributed by atoms with Crippen molar-refractivity contribution in [2.75, 3.05) is 25.1 Å². The molecule has 0 unspecified atom stereocenters. The van der Waals surface area contributed by atoms with E-state index in [0.717, 1.165) is 5.71 Å². The molecule has 1 fully saturated rings. The van der Waals surface area contributed by atoms with Crippen molar-refractivity contribution in [3.05, 3.63) is 46.9 Å². The summed E-state index contributed by atoms with van der Waals surface area (Å²) in [6.45, 7) is 0.791. The number of nitrogens with zero attached hydrogens (tertiary/aromatic N) is 4. The number of oxime groups is 1. The van der Waals surface area contributed by atoms with E-state index in [9.17, 15) is 9.18 Å². The van der Waals surface area contributed by atoms with Gasteiger partial charge in [0, 0.05) is 22.9 Å². The molecule has 1 saturated heterocycles. The van der Waals surface area contributed by atoms with E-state index in [2.05, 4.69) is 15.1 Å². The number of hydrogen-bond acceptors (Lipinski definition) is 6. The fourth-order valence-electron chi connectivity index (χ4n) is 2.73. The lowest BCUT2D eigenvalue weighted by molar-refractivity contribution is 0.149. The number of aromatic nitrogens is 1. The second kappa shape index (κ2) is 8.74. The first-order valence-electron chi connectivity index (χ1n) is 8.42. The minimum Gasteiger partial charge on any atom is -0.443 e. The molecule has 1 aliphatic rings. The fraction of sp³-hybridized carbons (Fsp3) is 0.222. The molecule has 0 saturated carbocycles. The maximum absolute atomic E-state index is 14.9. The van der Waals surface area contributed by atoms with E-state index in [1.807, 2.05) is 4.90 Å². The van der Waals surface area contributed by atoms with Crippen LogP contribution in [0.3, 0.4) is 0 Å². The van der Waals surface area contributed by atoms with Gasteiger partial charge in [-0.1, -0.05) is 35.0 Å². The zero-order valence-electron chi connectivity index (χ0n) is 15.4. The van der Waals surface area contributed by atoms with E-state index in [4.69, 9.17) is 32.6 Å². The number of anilines is 1. The van der Waals surface area contributed by atoms with Gasteiger partial charge in [0.2, 0.25) is 0 Å². The number of rotatable bonds is 5. The van der Waals surface area contributed by atoms with E-state index < -0.39 is 17.9 Å². The quantitative estimate of drug-likeness (QED) is 0.431. The number of guanidine groups is 1. The molecule has 0 atom stereocenters. The van der Waals surface area contributed by atoms with Gasteiger partial charge in [-0.3, -0.25) is 0 Å². The van der Waals surface area contributed by atoms with Gasteiger partial charge in [0.25, 0.3) is 0 Å². The van der Waals surface area contributed by atoms with Crippen molar-refractivity contribution in [1.82, 2.24) is 4.98 Å². The van der Waals surface area contributed by atoms with Crippen LogP contribution in [-0.4, -0.2) is 42.9 Å². The largest absolute Gasteiger partial charge is 0.443 e. The van der Waals surface area contributed by atoms with Gasteiger partial charge in [-0.15, -0.1) is 4.99 Å². The molecule has 2 heterocycles. The number of carbonyl (C=O) groups is 1. The topological polar surface area (TPSA) is 128 Å². The number of nitrogens with two attached hydrogens (primary N) is 2. The molecule has 0 spiro atoms. The van der Waals surface area contributed by atoms with Crippen LogP contribution in [0.2, 0.25) is 5.02 Å². The first-order chi connectivity index (χ1) is 13.9. The first kappa shape index (κ1) is 20.3. The van der Waals surface area contributed by atoms with Gasteiger partial charge in [0.1, 0.15) is 25.4 Å². The molecule has 1 amide bonds. The maximum atomic E-state index is 14.9. The first-order valence-corrected chi connectivity index (χ1v) is 8.80. The molecule has 29 heavy (non-hydrogen) atoms. The monoisotopic (exact) mass is 420 g/mol. The standard InChI is InChI=1S/C18H18ClFN6O3/c1-28-25-12-7-26(8-12)16-14(19)5-11(6-23-16)13-4-2-3-10(15(13)20)9-29-18(27)24-17(21)22/h2-6H,7-9H2,1H3,(H4,21,22,24,27). The Morgan fingerprint density at radius 1 is 1.38 bits per heavy atom. The average molecular weight is 421 g/mol. The van der Waals surface area contributed by atoms with Crippen LogP contribution in [0.15, 0.2) is 40.6 Å². The third-order valence-corrected chi connectivity index (χ3v) is 4.33. The Morgan fingerprint density at radius 3 is 2.79 bits per heavy atom. The normalized spacial score (nSPS) is 12.8. The summed E-state index contributed by atoms with van der Waals surface area (Å²) >= 11 is 6.35. The van der Waals surface area contributed by atoms with E-state index in [0.29, 0.717) is 29.5 Å². The molecule has 4 N–H and O–H groups in total. The molecule has 152 valence electrons. The van der Waals surface area contributed by atoms with Crippen LogP contribution in [0.5, 0.6) is 0 Å². The number of ether oxygens (including phenoxy) is 1. The van der Waals surface area contributed by atoms with Crippen LogP contribution in [-0.2, 0) is 16.2 Å². The molecule has 3 rings (SSSR count). The Labute approximate surface area is 170 Å².